The van der Waals surface area contributed by atoms with Gasteiger partial charge in [0.1, 0.15) is 5.75 Å². The summed E-state index contributed by atoms with van der Waals surface area (Å²) in [5, 5.41) is 15.4. The van der Waals surface area contributed by atoms with E-state index in [0.29, 0.717) is 11.3 Å². The number of aromatic nitrogens is 1. The summed E-state index contributed by atoms with van der Waals surface area (Å²) < 4.78 is 12.3. The fourth-order valence-corrected chi connectivity index (χ4v) is 3.53. The van der Waals surface area contributed by atoms with Crippen molar-refractivity contribution in [3.8, 4) is 17.2 Å². The summed E-state index contributed by atoms with van der Waals surface area (Å²) in [7, 11) is 2.73. The molecule has 0 fully saturated rings. The van der Waals surface area contributed by atoms with Crippen LogP contribution in [0.5, 0.6) is 11.5 Å². The number of hydrogen-bond donors (Lipinski definition) is 1. The van der Waals surface area contributed by atoms with Crippen LogP contribution in [0.2, 0.25) is 5.02 Å². The lowest BCUT2D eigenvalue weighted by molar-refractivity contribution is -0.385. The Kier molecular flexibility index (Phi) is 6.79. The van der Waals surface area contributed by atoms with Crippen molar-refractivity contribution in [2.45, 2.75) is 13.8 Å². The quantitative estimate of drug-likeness (QED) is 0.321. The van der Waals surface area contributed by atoms with Gasteiger partial charge in [0.15, 0.2) is 0 Å². The van der Waals surface area contributed by atoms with Crippen LogP contribution in [0.25, 0.3) is 5.69 Å². The van der Waals surface area contributed by atoms with Gasteiger partial charge in [0.05, 0.1) is 35.9 Å². The van der Waals surface area contributed by atoms with Crippen molar-refractivity contribution in [1.29, 1.82) is 0 Å². The number of halogens is 1. The van der Waals surface area contributed by atoms with Crippen molar-refractivity contribution in [3.63, 3.8) is 0 Å². The van der Waals surface area contributed by atoms with Crippen LogP contribution in [0.1, 0.15) is 27.3 Å². The van der Waals surface area contributed by atoms with Gasteiger partial charge < -0.3 is 14.0 Å². The topological polar surface area (TPSA) is 108 Å². The molecule has 0 saturated heterocycles. The van der Waals surface area contributed by atoms with Gasteiger partial charge in [0.25, 0.3) is 5.91 Å². The van der Waals surface area contributed by atoms with Gasteiger partial charge in [-0.1, -0.05) is 11.6 Å². The second kappa shape index (κ2) is 9.52. The number of carbonyl (C=O) groups is 1. The summed E-state index contributed by atoms with van der Waals surface area (Å²) in [6.07, 6.45) is 1.25. The average Bonchev–Trinajstić information content (AvgIpc) is 3.10. The van der Waals surface area contributed by atoms with E-state index in [4.69, 9.17) is 21.1 Å². The molecule has 3 aromatic rings. The molecular formula is C22H21ClN4O5. The van der Waals surface area contributed by atoms with Gasteiger partial charge in [-0.2, -0.15) is 5.10 Å². The first kappa shape index (κ1) is 22.8. The maximum Gasteiger partial charge on any atom is 0.311 e. The summed E-state index contributed by atoms with van der Waals surface area (Å²) in [6.45, 7) is 3.96. The fraction of sp³-hybridized carbons (Fsp3) is 0.182. The predicted octanol–water partition coefficient (Wildman–Crippen LogP) is 4.44. The van der Waals surface area contributed by atoms with Crippen molar-refractivity contribution >= 4 is 29.4 Å². The van der Waals surface area contributed by atoms with Gasteiger partial charge in [-0.3, -0.25) is 14.9 Å². The lowest BCUT2D eigenvalue weighted by Crippen LogP contribution is -2.18. The normalized spacial score (nSPS) is 10.9. The largest absolute Gasteiger partial charge is 0.496 e. The Hall–Kier alpha value is -3.85. The Morgan fingerprint density at radius 1 is 1.09 bits per heavy atom. The molecule has 0 aliphatic carbocycles. The number of nitro groups is 1. The van der Waals surface area contributed by atoms with E-state index in [0.717, 1.165) is 17.1 Å². The minimum Gasteiger partial charge on any atom is -0.496 e. The summed E-state index contributed by atoms with van der Waals surface area (Å²) in [4.78, 5) is 23.2. The van der Waals surface area contributed by atoms with Crippen molar-refractivity contribution in [1.82, 2.24) is 9.99 Å². The molecule has 1 N–H and O–H groups in total. The van der Waals surface area contributed by atoms with Crippen LogP contribution in [0.4, 0.5) is 5.69 Å². The minimum atomic E-state index is -0.580. The number of nitrogens with zero attached hydrogens (tertiary/aromatic N) is 3. The minimum absolute atomic E-state index is 0.0491. The second-order valence-electron chi connectivity index (χ2n) is 6.84. The number of amides is 1. The van der Waals surface area contributed by atoms with Crippen molar-refractivity contribution < 1.29 is 19.2 Å². The molecule has 32 heavy (non-hydrogen) atoms. The number of nitro benzene ring substituents is 1. The Labute approximate surface area is 189 Å². The number of methoxy groups -OCH3 is 2. The zero-order valence-electron chi connectivity index (χ0n) is 17.9. The van der Waals surface area contributed by atoms with E-state index in [-0.39, 0.29) is 22.0 Å². The molecular weight excluding hydrogens is 436 g/mol. The second-order valence-corrected chi connectivity index (χ2v) is 7.25. The van der Waals surface area contributed by atoms with E-state index >= 15 is 0 Å². The summed E-state index contributed by atoms with van der Waals surface area (Å²) in [6, 6.07) is 11.7. The number of carbonyl (C=O) groups excluding carboxylic acids is 1. The monoisotopic (exact) mass is 456 g/mol. The van der Waals surface area contributed by atoms with Gasteiger partial charge in [-0.05, 0) is 44.2 Å². The molecule has 0 aliphatic heterocycles. The molecule has 166 valence electrons. The third kappa shape index (κ3) is 4.57. The molecule has 1 heterocycles. The zero-order chi connectivity index (χ0) is 23.4. The molecule has 0 unspecified atom stereocenters. The smallest absolute Gasteiger partial charge is 0.311 e. The van der Waals surface area contributed by atoms with Gasteiger partial charge in [0.2, 0.25) is 5.75 Å². The van der Waals surface area contributed by atoms with Gasteiger partial charge in [-0.25, -0.2) is 5.43 Å². The third-order valence-corrected chi connectivity index (χ3v) is 5.14. The van der Waals surface area contributed by atoms with E-state index in [1.165, 1.54) is 32.6 Å². The Morgan fingerprint density at radius 3 is 2.31 bits per heavy atom. The molecule has 3 rings (SSSR count). The molecule has 2 aromatic carbocycles. The van der Waals surface area contributed by atoms with E-state index < -0.39 is 10.8 Å². The van der Waals surface area contributed by atoms with E-state index in [2.05, 4.69) is 10.5 Å². The average molecular weight is 457 g/mol. The molecule has 10 heteroatoms. The van der Waals surface area contributed by atoms with Crippen molar-refractivity contribution in [2.24, 2.45) is 5.10 Å². The van der Waals surface area contributed by atoms with E-state index in [1.54, 1.807) is 18.2 Å². The van der Waals surface area contributed by atoms with Crippen molar-refractivity contribution in [2.75, 3.05) is 14.2 Å². The van der Waals surface area contributed by atoms with Gasteiger partial charge in [0, 0.05) is 34.8 Å². The van der Waals surface area contributed by atoms with E-state index in [9.17, 15) is 14.9 Å². The van der Waals surface area contributed by atoms with Crippen LogP contribution in [-0.4, -0.2) is 35.8 Å². The molecule has 9 nitrogen and oxygen atoms in total. The van der Waals surface area contributed by atoms with Gasteiger partial charge >= 0.3 is 5.69 Å². The highest BCUT2D eigenvalue weighted by Crippen LogP contribution is 2.33. The molecule has 1 aromatic heterocycles. The highest BCUT2D eigenvalue weighted by atomic mass is 35.5. The highest BCUT2D eigenvalue weighted by Gasteiger charge is 2.19. The number of hydrogen-bond acceptors (Lipinski definition) is 6. The Bertz CT molecular complexity index is 1200. The van der Waals surface area contributed by atoms with Crippen LogP contribution < -0.4 is 14.9 Å². The first-order chi connectivity index (χ1) is 15.3. The molecule has 1 amide bonds. The van der Waals surface area contributed by atoms with Crippen LogP contribution in [0.3, 0.4) is 0 Å². The predicted molar refractivity (Wildman–Crippen MR) is 122 cm³/mol. The molecule has 0 radical (unpaired) electrons. The summed E-state index contributed by atoms with van der Waals surface area (Å²) >= 11 is 6.34. The Morgan fingerprint density at radius 2 is 1.75 bits per heavy atom. The first-order valence-electron chi connectivity index (χ1n) is 9.45. The third-order valence-electron chi connectivity index (χ3n) is 4.82. The van der Waals surface area contributed by atoms with Crippen LogP contribution >= 0.6 is 11.6 Å². The summed E-state index contributed by atoms with van der Waals surface area (Å²) in [5.41, 5.74) is 5.58. The van der Waals surface area contributed by atoms with Gasteiger partial charge in [-0.15, -0.1) is 0 Å². The lowest BCUT2D eigenvalue weighted by atomic mass is 10.1. The highest BCUT2D eigenvalue weighted by molar-refractivity contribution is 6.34. The first-order valence-corrected chi connectivity index (χ1v) is 9.83. The maximum absolute atomic E-state index is 12.5. The lowest BCUT2D eigenvalue weighted by Gasteiger charge is -2.11. The zero-order valence-corrected chi connectivity index (χ0v) is 18.6. The molecule has 0 atom stereocenters. The molecule has 0 aliphatic rings. The maximum atomic E-state index is 12.5. The molecule has 0 saturated carbocycles. The Balaban J connectivity index is 1.81. The van der Waals surface area contributed by atoms with Crippen molar-refractivity contribution in [3.05, 3.63) is 80.1 Å². The molecule has 0 bridgehead atoms. The SMILES string of the molecule is COc1cc(OC)c([N+](=O)[O-])cc1/C=N\NC(=O)c1ccc(-n2c(C)ccc2C)cc1Cl. The van der Waals surface area contributed by atoms with Crippen LogP contribution in [0, 0.1) is 24.0 Å². The number of nitrogens with one attached hydrogen (secondary N) is 1. The van der Waals surface area contributed by atoms with Crippen LogP contribution in [-0.2, 0) is 0 Å². The molecule has 0 spiro atoms. The number of rotatable bonds is 7. The number of ether oxygens (including phenoxy) is 2. The van der Waals surface area contributed by atoms with Crippen LogP contribution in [0.15, 0.2) is 47.6 Å². The number of aryl methyl sites for hydroxylation is 2. The number of benzene rings is 2. The summed E-state index contributed by atoms with van der Waals surface area (Å²) in [5.74, 6) is -0.181. The standard InChI is InChI=1S/C22H21ClN4O5/c1-13-5-6-14(2)26(13)16-7-8-17(18(23)10-16)22(28)25-24-12-15-9-19(27(29)30)21(32-4)11-20(15)31-3/h5-12H,1-4H3,(H,25,28)/b24-12-. The number of hydrazone groups is 1. The van der Waals surface area contributed by atoms with E-state index in [1.807, 2.05) is 30.5 Å². The fourth-order valence-electron chi connectivity index (χ4n) is 3.27.